The molecule has 2 rings (SSSR count). The summed E-state index contributed by atoms with van der Waals surface area (Å²) < 4.78 is 14.9. The number of carbonyl (C=O) groups is 1. The highest BCUT2D eigenvalue weighted by molar-refractivity contribution is 5.88. The van der Waals surface area contributed by atoms with E-state index in [9.17, 15) is 14.3 Å². The maximum Gasteiger partial charge on any atom is 0.320 e. The van der Waals surface area contributed by atoms with E-state index in [-0.39, 0.29) is 23.9 Å². The molecule has 0 aliphatic carbocycles. The van der Waals surface area contributed by atoms with E-state index in [1.807, 2.05) is 20.8 Å². The van der Waals surface area contributed by atoms with Gasteiger partial charge in [0, 0.05) is 24.9 Å². The molecule has 7 heteroatoms. The van der Waals surface area contributed by atoms with Crippen LogP contribution in [0.4, 0.5) is 15.0 Å². The Morgan fingerprint density at radius 3 is 2.80 bits per heavy atom. The quantitative estimate of drug-likeness (QED) is 0.672. The number of aromatic nitrogens is 2. The molecule has 1 aromatic carbocycles. The molecule has 0 radical (unpaired) electrons. The average molecular weight is 348 g/mol. The summed E-state index contributed by atoms with van der Waals surface area (Å²) in [6.07, 6.45) is 1.59. The van der Waals surface area contributed by atoms with E-state index in [1.54, 1.807) is 22.9 Å². The first-order valence-corrected chi connectivity index (χ1v) is 8.29. The molecule has 1 heterocycles. The van der Waals surface area contributed by atoms with Crippen molar-refractivity contribution in [3.63, 3.8) is 0 Å². The molecular formula is C18H25FN4O2. The Hall–Kier alpha value is -2.41. The summed E-state index contributed by atoms with van der Waals surface area (Å²) in [5, 5.41) is 18.9. The van der Waals surface area contributed by atoms with Crippen molar-refractivity contribution >= 4 is 11.8 Å². The van der Waals surface area contributed by atoms with Gasteiger partial charge in [-0.2, -0.15) is 0 Å². The van der Waals surface area contributed by atoms with Crippen molar-refractivity contribution < 1.29 is 14.3 Å². The highest BCUT2D eigenvalue weighted by Gasteiger charge is 2.15. The van der Waals surface area contributed by atoms with Gasteiger partial charge in [-0.05, 0) is 43.4 Å². The summed E-state index contributed by atoms with van der Waals surface area (Å²) >= 11 is 0. The standard InChI is InChI=1S/C18H25FN4O2/c1-13-10-16(22-23(13)15-7-4-6-14(19)11-15)21-17(25)20-9-5-8-18(2,3)12-24/h4,6-7,10-11,24H,5,8-9,12H2,1-3H3,(H2,20,21,22,25). The van der Waals surface area contributed by atoms with Crippen LogP contribution in [0, 0.1) is 18.2 Å². The number of hydrogen-bond donors (Lipinski definition) is 3. The smallest absolute Gasteiger partial charge is 0.320 e. The Balaban J connectivity index is 1.89. The summed E-state index contributed by atoms with van der Waals surface area (Å²) in [4.78, 5) is 11.9. The summed E-state index contributed by atoms with van der Waals surface area (Å²) in [6.45, 7) is 6.43. The second-order valence-corrected chi connectivity index (χ2v) is 6.87. The topological polar surface area (TPSA) is 79.2 Å². The second kappa shape index (κ2) is 8.11. The van der Waals surface area contributed by atoms with E-state index in [0.717, 1.165) is 18.5 Å². The number of urea groups is 1. The van der Waals surface area contributed by atoms with Crippen LogP contribution in [0.15, 0.2) is 30.3 Å². The molecule has 0 unspecified atom stereocenters. The van der Waals surface area contributed by atoms with Gasteiger partial charge in [-0.25, -0.2) is 13.9 Å². The molecule has 3 N–H and O–H groups in total. The molecule has 0 spiro atoms. The first-order chi connectivity index (χ1) is 11.8. The third-order valence-electron chi connectivity index (χ3n) is 3.93. The Bertz CT molecular complexity index is 728. The second-order valence-electron chi connectivity index (χ2n) is 6.87. The van der Waals surface area contributed by atoms with Gasteiger partial charge < -0.3 is 10.4 Å². The van der Waals surface area contributed by atoms with Crippen molar-refractivity contribution in [3.8, 4) is 5.69 Å². The molecular weight excluding hydrogens is 323 g/mol. The predicted octanol–water partition coefficient (Wildman–Crippen LogP) is 3.24. The minimum atomic E-state index is -0.342. The van der Waals surface area contributed by atoms with Crippen molar-refractivity contribution in [2.24, 2.45) is 5.41 Å². The van der Waals surface area contributed by atoms with Crippen LogP contribution in [-0.2, 0) is 0 Å². The van der Waals surface area contributed by atoms with Crippen LogP contribution >= 0.6 is 0 Å². The van der Waals surface area contributed by atoms with E-state index < -0.39 is 0 Å². The molecule has 0 saturated carbocycles. The number of aryl methyl sites for hydroxylation is 1. The van der Waals surface area contributed by atoms with Crippen molar-refractivity contribution in [1.82, 2.24) is 15.1 Å². The maximum atomic E-state index is 13.3. The van der Waals surface area contributed by atoms with Crippen molar-refractivity contribution in [1.29, 1.82) is 0 Å². The monoisotopic (exact) mass is 348 g/mol. The fraction of sp³-hybridized carbons (Fsp3) is 0.444. The molecule has 0 bridgehead atoms. The third kappa shape index (κ3) is 5.56. The largest absolute Gasteiger partial charge is 0.396 e. The number of hydrogen-bond acceptors (Lipinski definition) is 3. The molecule has 0 aliphatic heterocycles. The van der Waals surface area contributed by atoms with Gasteiger partial charge in [0.1, 0.15) is 5.82 Å². The number of carbonyl (C=O) groups excluding carboxylic acids is 1. The van der Waals surface area contributed by atoms with Gasteiger partial charge >= 0.3 is 6.03 Å². The molecule has 0 saturated heterocycles. The third-order valence-corrected chi connectivity index (χ3v) is 3.93. The molecule has 136 valence electrons. The van der Waals surface area contributed by atoms with Gasteiger partial charge in [0.2, 0.25) is 0 Å². The summed E-state index contributed by atoms with van der Waals surface area (Å²) in [5.41, 5.74) is 1.24. The number of aliphatic hydroxyl groups excluding tert-OH is 1. The van der Waals surface area contributed by atoms with Crippen molar-refractivity contribution in [3.05, 3.63) is 41.8 Å². The summed E-state index contributed by atoms with van der Waals surface area (Å²) in [6, 6.07) is 7.49. The Labute approximate surface area is 147 Å². The average Bonchev–Trinajstić information content (AvgIpc) is 2.92. The minimum absolute atomic E-state index is 0.121. The number of nitrogens with one attached hydrogen (secondary N) is 2. The first-order valence-electron chi connectivity index (χ1n) is 8.29. The Morgan fingerprint density at radius 1 is 1.36 bits per heavy atom. The van der Waals surface area contributed by atoms with Crippen LogP contribution < -0.4 is 10.6 Å². The molecule has 25 heavy (non-hydrogen) atoms. The van der Waals surface area contributed by atoms with Crippen LogP contribution in [0.5, 0.6) is 0 Å². The normalized spacial score (nSPS) is 11.4. The van der Waals surface area contributed by atoms with Gasteiger partial charge in [0.15, 0.2) is 5.82 Å². The highest BCUT2D eigenvalue weighted by atomic mass is 19.1. The molecule has 6 nitrogen and oxygen atoms in total. The SMILES string of the molecule is Cc1cc(NC(=O)NCCCC(C)(C)CO)nn1-c1cccc(F)c1. The lowest BCUT2D eigenvalue weighted by atomic mass is 9.89. The lowest BCUT2D eigenvalue weighted by Crippen LogP contribution is -2.30. The molecule has 0 aliphatic rings. The molecule has 0 fully saturated rings. The van der Waals surface area contributed by atoms with E-state index in [0.29, 0.717) is 18.1 Å². The Morgan fingerprint density at radius 2 is 2.12 bits per heavy atom. The van der Waals surface area contributed by atoms with Gasteiger partial charge in [-0.15, -0.1) is 5.10 Å². The van der Waals surface area contributed by atoms with Gasteiger partial charge in [-0.1, -0.05) is 19.9 Å². The number of anilines is 1. The summed E-state index contributed by atoms with van der Waals surface area (Å²) in [5.74, 6) is 0.0559. The van der Waals surface area contributed by atoms with E-state index in [4.69, 9.17) is 0 Å². The van der Waals surface area contributed by atoms with Crippen LogP contribution in [0.3, 0.4) is 0 Å². The number of halogens is 1. The molecule has 1 aromatic heterocycles. The van der Waals surface area contributed by atoms with Gasteiger partial charge in [-0.3, -0.25) is 5.32 Å². The molecule has 2 aromatic rings. The predicted molar refractivity (Wildman–Crippen MR) is 95.4 cm³/mol. The van der Waals surface area contributed by atoms with Crippen LogP contribution in [-0.4, -0.2) is 34.1 Å². The minimum Gasteiger partial charge on any atom is -0.396 e. The maximum absolute atomic E-state index is 13.3. The molecule has 2 amide bonds. The number of amides is 2. The fourth-order valence-corrected chi connectivity index (χ4v) is 2.41. The fourth-order valence-electron chi connectivity index (χ4n) is 2.41. The van der Waals surface area contributed by atoms with E-state index in [1.165, 1.54) is 12.1 Å². The zero-order valence-corrected chi connectivity index (χ0v) is 14.8. The highest BCUT2D eigenvalue weighted by Crippen LogP contribution is 2.20. The number of rotatable bonds is 7. The summed E-state index contributed by atoms with van der Waals surface area (Å²) in [7, 11) is 0. The van der Waals surface area contributed by atoms with Gasteiger partial charge in [0.05, 0.1) is 5.69 Å². The molecule has 0 atom stereocenters. The van der Waals surface area contributed by atoms with Crippen LogP contribution in [0.1, 0.15) is 32.4 Å². The van der Waals surface area contributed by atoms with E-state index in [2.05, 4.69) is 15.7 Å². The lowest BCUT2D eigenvalue weighted by Gasteiger charge is -2.21. The van der Waals surface area contributed by atoms with Gasteiger partial charge in [0.25, 0.3) is 0 Å². The first kappa shape index (κ1) is 18.9. The Kier molecular flexibility index (Phi) is 6.14. The zero-order valence-electron chi connectivity index (χ0n) is 14.8. The number of nitrogens with zero attached hydrogens (tertiary/aromatic N) is 2. The number of benzene rings is 1. The number of aliphatic hydroxyl groups is 1. The van der Waals surface area contributed by atoms with Crippen molar-refractivity contribution in [2.75, 3.05) is 18.5 Å². The van der Waals surface area contributed by atoms with Crippen LogP contribution in [0.2, 0.25) is 0 Å². The van der Waals surface area contributed by atoms with Crippen molar-refractivity contribution in [2.45, 2.75) is 33.6 Å². The van der Waals surface area contributed by atoms with E-state index >= 15 is 0 Å². The lowest BCUT2D eigenvalue weighted by molar-refractivity contribution is 0.148. The zero-order chi connectivity index (χ0) is 18.4. The van der Waals surface area contributed by atoms with Crippen LogP contribution in [0.25, 0.3) is 5.69 Å².